The summed E-state index contributed by atoms with van der Waals surface area (Å²) in [6, 6.07) is 6.13. The lowest BCUT2D eigenvalue weighted by Gasteiger charge is -2.14. The van der Waals surface area contributed by atoms with E-state index in [1.54, 1.807) is 11.3 Å². The van der Waals surface area contributed by atoms with Crippen molar-refractivity contribution in [2.45, 2.75) is 6.42 Å². The van der Waals surface area contributed by atoms with Crippen LogP contribution in [0.4, 0.5) is 5.00 Å². The van der Waals surface area contributed by atoms with Gasteiger partial charge in [0.05, 0.1) is 22.4 Å². The molecule has 2 aromatic rings. The highest BCUT2D eigenvalue weighted by Gasteiger charge is 2.09. The van der Waals surface area contributed by atoms with Crippen molar-refractivity contribution in [2.24, 2.45) is 0 Å². The minimum atomic E-state index is 0.529. The van der Waals surface area contributed by atoms with Crippen molar-refractivity contribution in [1.29, 1.82) is 5.26 Å². The van der Waals surface area contributed by atoms with Gasteiger partial charge in [0, 0.05) is 23.0 Å². The third-order valence-electron chi connectivity index (χ3n) is 2.26. The monoisotopic (exact) mass is 250 g/mol. The topological polar surface area (TPSA) is 44.1 Å². The first-order valence-corrected chi connectivity index (χ1v) is 6.44. The van der Waals surface area contributed by atoms with E-state index in [1.807, 2.05) is 13.1 Å². The van der Waals surface area contributed by atoms with Crippen LogP contribution in [0.2, 0.25) is 0 Å². The molecule has 3 nitrogen and oxygen atoms in total. The Kier molecular flexibility index (Phi) is 3.22. The van der Waals surface area contributed by atoms with Crippen LogP contribution in [0.5, 0.6) is 0 Å². The summed E-state index contributed by atoms with van der Waals surface area (Å²) < 4.78 is 2.29. The molecular weight excluding hydrogens is 240 g/mol. The van der Waals surface area contributed by atoms with Crippen molar-refractivity contribution >= 4 is 43.4 Å². The number of carbonyl (C=O) groups is 1. The first-order chi connectivity index (χ1) is 7.74. The zero-order valence-corrected chi connectivity index (χ0v) is 10.4. The second kappa shape index (κ2) is 4.64. The zero-order chi connectivity index (χ0) is 11.5. The number of nitrogens with zero attached hydrogens (tertiary/aromatic N) is 2. The Morgan fingerprint density at radius 2 is 2.19 bits per heavy atom. The van der Waals surface area contributed by atoms with Gasteiger partial charge in [0.25, 0.3) is 0 Å². The van der Waals surface area contributed by atoms with Crippen molar-refractivity contribution in [3.05, 3.63) is 17.0 Å². The maximum absolute atomic E-state index is 10.6. The van der Waals surface area contributed by atoms with Gasteiger partial charge in [0.15, 0.2) is 6.29 Å². The van der Waals surface area contributed by atoms with E-state index in [2.05, 4.69) is 17.0 Å². The predicted octanol–water partition coefficient (Wildman–Crippen LogP) is 3.13. The van der Waals surface area contributed by atoms with Crippen LogP contribution < -0.4 is 4.90 Å². The molecular formula is C11H10N2OS2. The fraction of sp³-hybridized carbons (Fsp3) is 0.273. The highest BCUT2D eigenvalue weighted by atomic mass is 32.1. The molecule has 0 aromatic carbocycles. The summed E-state index contributed by atoms with van der Waals surface area (Å²) in [5.41, 5.74) is 0. The molecule has 82 valence electrons. The van der Waals surface area contributed by atoms with Gasteiger partial charge < -0.3 is 4.90 Å². The Labute approximate surface area is 102 Å². The third kappa shape index (κ3) is 2.08. The summed E-state index contributed by atoms with van der Waals surface area (Å²) in [6.07, 6.45) is 1.41. The number of hydrogen-bond acceptors (Lipinski definition) is 5. The van der Waals surface area contributed by atoms with E-state index in [0.29, 0.717) is 6.42 Å². The van der Waals surface area contributed by atoms with Crippen LogP contribution in [0, 0.1) is 11.3 Å². The average Bonchev–Trinajstić information content (AvgIpc) is 2.82. The largest absolute Gasteiger partial charge is 0.365 e. The summed E-state index contributed by atoms with van der Waals surface area (Å²) in [5.74, 6) is 0. The first kappa shape index (κ1) is 11.1. The van der Waals surface area contributed by atoms with Crippen molar-refractivity contribution in [3.8, 4) is 6.07 Å². The Hall–Kier alpha value is -1.38. The van der Waals surface area contributed by atoms with Gasteiger partial charge in [-0.1, -0.05) is 0 Å². The molecule has 0 aliphatic rings. The van der Waals surface area contributed by atoms with Crippen LogP contribution >= 0.6 is 22.7 Å². The number of hydrogen-bond donors (Lipinski definition) is 0. The molecule has 0 radical (unpaired) electrons. The Morgan fingerprint density at radius 3 is 2.81 bits per heavy atom. The van der Waals surface area contributed by atoms with Gasteiger partial charge in [-0.05, 0) is 12.1 Å². The van der Waals surface area contributed by atoms with Crippen molar-refractivity contribution in [2.75, 3.05) is 18.5 Å². The standard InChI is InChI=1S/C11H10N2OS2/c1-13(4-2-3-12)11-6-10-9(16-11)5-8(7-14)15-10/h5-7H,2,4H2,1H3. The fourth-order valence-corrected chi connectivity index (χ4v) is 3.62. The average molecular weight is 250 g/mol. The molecule has 0 fully saturated rings. The van der Waals surface area contributed by atoms with E-state index in [4.69, 9.17) is 5.26 Å². The van der Waals surface area contributed by atoms with E-state index < -0.39 is 0 Å². The number of fused-ring (bicyclic) bond motifs is 1. The molecule has 0 N–H and O–H groups in total. The van der Waals surface area contributed by atoms with Gasteiger partial charge in [-0.25, -0.2) is 0 Å². The Balaban J connectivity index is 2.23. The molecule has 2 heterocycles. The Bertz CT molecular complexity index is 518. The smallest absolute Gasteiger partial charge is 0.160 e. The minimum absolute atomic E-state index is 0.529. The zero-order valence-electron chi connectivity index (χ0n) is 8.77. The summed E-state index contributed by atoms with van der Waals surface area (Å²) in [4.78, 5) is 13.4. The number of rotatable bonds is 4. The van der Waals surface area contributed by atoms with E-state index in [0.717, 1.165) is 32.1 Å². The van der Waals surface area contributed by atoms with Crippen molar-refractivity contribution < 1.29 is 4.79 Å². The molecule has 0 aliphatic carbocycles. The molecule has 0 atom stereocenters. The number of thiophene rings is 2. The lowest BCUT2D eigenvalue weighted by Crippen LogP contribution is -2.16. The van der Waals surface area contributed by atoms with Gasteiger partial charge in [-0.3, -0.25) is 4.79 Å². The van der Waals surface area contributed by atoms with Gasteiger partial charge >= 0.3 is 0 Å². The first-order valence-electron chi connectivity index (χ1n) is 4.81. The number of anilines is 1. The van der Waals surface area contributed by atoms with Crippen molar-refractivity contribution in [3.63, 3.8) is 0 Å². The van der Waals surface area contributed by atoms with Crippen LogP contribution in [-0.4, -0.2) is 19.9 Å². The molecule has 0 bridgehead atoms. The minimum Gasteiger partial charge on any atom is -0.365 e. The lowest BCUT2D eigenvalue weighted by molar-refractivity contribution is 0.112. The summed E-state index contributed by atoms with van der Waals surface area (Å²) in [7, 11) is 1.98. The second-order valence-electron chi connectivity index (χ2n) is 3.41. The van der Waals surface area contributed by atoms with Crippen LogP contribution in [0.1, 0.15) is 16.1 Å². The normalized spacial score (nSPS) is 10.2. The maximum Gasteiger partial charge on any atom is 0.160 e. The van der Waals surface area contributed by atoms with Crippen LogP contribution in [-0.2, 0) is 0 Å². The van der Waals surface area contributed by atoms with E-state index in [-0.39, 0.29) is 0 Å². The van der Waals surface area contributed by atoms with E-state index in [9.17, 15) is 4.79 Å². The van der Waals surface area contributed by atoms with Crippen molar-refractivity contribution in [1.82, 2.24) is 0 Å². The van der Waals surface area contributed by atoms with E-state index in [1.165, 1.54) is 11.3 Å². The van der Waals surface area contributed by atoms with Gasteiger partial charge in [0.1, 0.15) is 0 Å². The number of carbonyl (C=O) groups excluding carboxylic acids is 1. The Morgan fingerprint density at radius 1 is 1.44 bits per heavy atom. The fourth-order valence-electron chi connectivity index (χ4n) is 1.42. The van der Waals surface area contributed by atoms with E-state index >= 15 is 0 Å². The SMILES string of the molecule is CN(CCC#N)c1cc2sc(C=O)cc2s1. The lowest BCUT2D eigenvalue weighted by atomic mass is 10.4. The molecule has 5 heteroatoms. The molecule has 2 rings (SSSR count). The molecule has 16 heavy (non-hydrogen) atoms. The van der Waals surface area contributed by atoms with Gasteiger partial charge in [-0.15, -0.1) is 22.7 Å². The molecule has 0 amide bonds. The molecule has 2 aromatic heterocycles. The summed E-state index contributed by atoms with van der Waals surface area (Å²) in [5, 5.41) is 9.67. The van der Waals surface area contributed by atoms with Crippen LogP contribution in [0.15, 0.2) is 12.1 Å². The number of aldehydes is 1. The van der Waals surface area contributed by atoms with Crippen LogP contribution in [0.3, 0.4) is 0 Å². The predicted molar refractivity (Wildman–Crippen MR) is 68.6 cm³/mol. The summed E-state index contributed by atoms with van der Waals surface area (Å²) >= 11 is 3.17. The molecule has 0 spiro atoms. The summed E-state index contributed by atoms with van der Waals surface area (Å²) in [6.45, 7) is 0.741. The second-order valence-corrected chi connectivity index (χ2v) is 5.59. The third-order valence-corrected chi connectivity index (χ3v) is 4.60. The molecule has 0 saturated heterocycles. The number of nitriles is 1. The van der Waals surface area contributed by atoms with Gasteiger partial charge in [0.2, 0.25) is 0 Å². The highest BCUT2D eigenvalue weighted by Crippen LogP contribution is 2.36. The molecule has 0 unspecified atom stereocenters. The molecule has 0 aliphatic heterocycles. The van der Waals surface area contributed by atoms with Gasteiger partial charge in [-0.2, -0.15) is 5.26 Å². The quantitative estimate of drug-likeness (QED) is 0.783. The maximum atomic E-state index is 10.6. The van der Waals surface area contributed by atoms with Crippen LogP contribution in [0.25, 0.3) is 9.40 Å². The molecule has 0 saturated carbocycles. The highest BCUT2D eigenvalue weighted by molar-refractivity contribution is 7.30.